The normalized spacial score (nSPS) is 30.2. The number of nitrogens with zero attached hydrogens (tertiary/aromatic N) is 2. The van der Waals surface area contributed by atoms with Crippen LogP contribution >= 0.6 is 0 Å². The zero-order valence-corrected chi connectivity index (χ0v) is 81.2. The smallest absolute Gasteiger partial charge is 0.183 e. The minimum Gasteiger partial charge on any atom is -0.309 e. The van der Waals surface area contributed by atoms with Gasteiger partial charge in [0.15, 0.2) is 26.9 Å². The molecule has 0 radical (unpaired) electrons. The molecule has 30 rings (SSSR count). The van der Waals surface area contributed by atoms with Crippen molar-refractivity contribution in [3.8, 4) is 22.3 Å². The van der Waals surface area contributed by atoms with Crippen molar-refractivity contribution in [3.05, 3.63) is 206 Å². The van der Waals surface area contributed by atoms with Gasteiger partial charge in [0.1, 0.15) is 0 Å². The molecule has 130 heavy (non-hydrogen) atoms. The summed E-state index contributed by atoms with van der Waals surface area (Å²) in [6.07, 6.45) is 39.6. The van der Waals surface area contributed by atoms with Crippen LogP contribution < -0.4 is 31.7 Å². The monoisotopic (exact) mass is 1710 g/mol. The van der Waals surface area contributed by atoms with Gasteiger partial charge >= 0.3 is 0 Å². The molecule has 2 nitrogen and oxygen atoms in total. The van der Waals surface area contributed by atoms with Gasteiger partial charge in [0, 0.05) is 33.3 Å². The lowest BCUT2D eigenvalue weighted by Gasteiger charge is -2.66. The maximum absolute atomic E-state index is 2.81. The summed E-state index contributed by atoms with van der Waals surface area (Å²) in [6.45, 7) is 34.1. The van der Waals surface area contributed by atoms with Crippen molar-refractivity contribution in [2.75, 3.05) is 9.80 Å². The van der Waals surface area contributed by atoms with Crippen molar-refractivity contribution in [1.82, 2.24) is 0 Å². The Morgan fingerprint density at radius 2 is 0.538 bits per heavy atom. The fourth-order valence-electron chi connectivity index (χ4n) is 35.8. The topological polar surface area (TPSA) is 6.48 Å². The van der Waals surface area contributed by atoms with Crippen LogP contribution in [0.5, 0.6) is 0 Å². The van der Waals surface area contributed by atoms with Crippen molar-refractivity contribution in [1.29, 1.82) is 0 Å². The van der Waals surface area contributed by atoms with Crippen LogP contribution in [0.2, 0.25) is 46.5 Å². The van der Waals surface area contributed by atoms with E-state index in [-0.39, 0.29) is 0 Å². The van der Waals surface area contributed by atoms with E-state index < -0.39 is 0 Å². The molecule has 2 heterocycles. The quantitative estimate of drug-likeness (QED) is 0.0791. The van der Waals surface area contributed by atoms with Gasteiger partial charge < -0.3 is 9.80 Å². The van der Waals surface area contributed by atoms with E-state index in [0.717, 1.165) is 118 Å². The second kappa shape index (κ2) is 31.9. The van der Waals surface area contributed by atoms with Gasteiger partial charge in [-0.1, -0.05) is 451 Å². The van der Waals surface area contributed by atoms with Crippen LogP contribution in [0.1, 0.15) is 263 Å². The van der Waals surface area contributed by atoms with Crippen molar-refractivity contribution in [3.63, 3.8) is 0 Å². The highest BCUT2D eigenvalue weighted by atomic mass is 15.2. The fraction of sp³-hybridized carbons (Fsp3) is 0.516. The Balaban J connectivity index is 0.000000145. The first-order valence-corrected chi connectivity index (χ1v) is 54.0. The summed E-state index contributed by atoms with van der Waals surface area (Å²) in [6, 6.07) is 83.6. The van der Waals surface area contributed by atoms with Crippen molar-refractivity contribution < 1.29 is 0 Å². The standard InChI is InChI=1S/C70H85B2N.C54H61B2N/c1-38-55-27-42(67(55,5)6)31-59(38)71(60-32-43-28-56(39(60)2)68(43,7)8)46-25-26-50-54-36-52-48-21-16-17-22-49(48)63(37-53(52)51-23-18-24-64(66(51)54)73(65(50)35-46)47-19-14-13-15-20-47)72(61-33-44-29-57(40(61)3)69(44,9)10)62-34-45-30-58(41(62)4)70(45,11)12;1-6-19-38(20-7-1)55(39-21-8-2-9-22-39)42-33-34-46-50-36-48-44-29-16-17-30-45(44)51(56(40-23-10-3-11-24-40)41-25-12-4-13-26-41)37-49(48)47-31-18-32-52(54(47)50)57(53(46)35-42)43-27-14-5-15-28-43/h13-26,35-45,55-62H,27-34H2,1-12H3;5,14-18,27-41H,1-4,6-13,19-26H2. The van der Waals surface area contributed by atoms with Crippen LogP contribution in [0.4, 0.5) is 34.1 Å². The maximum atomic E-state index is 2.81. The van der Waals surface area contributed by atoms with E-state index >= 15 is 0 Å². The molecule has 18 aliphatic rings. The molecule has 0 N–H and O–H groups in total. The Morgan fingerprint density at radius 1 is 0.238 bits per heavy atom. The molecule has 664 valence electrons. The Morgan fingerprint density at radius 3 is 0.885 bits per heavy atom. The predicted molar refractivity (Wildman–Crippen MR) is 566 cm³/mol. The molecule has 16 saturated carbocycles. The van der Waals surface area contributed by atoms with E-state index in [1.165, 1.54) is 301 Å². The Kier molecular flexibility index (Phi) is 20.5. The van der Waals surface area contributed by atoms with Crippen LogP contribution in [-0.2, 0) is 0 Å². The first-order chi connectivity index (χ1) is 63.2. The second-order valence-corrected chi connectivity index (χ2v) is 49.5. The largest absolute Gasteiger partial charge is 0.309 e. The van der Waals surface area contributed by atoms with E-state index in [2.05, 4.69) is 299 Å². The molecule has 2 aliphatic heterocycles. The van der Waals surface area contributed by atoms with Crippen LogP contribution in [0.25, 0.3) is 86.9 Å². The Labute approximate surface area is 782 Å². The van der Waals surface area contributed by atoms with Gasteiger partial charge in [0.2, 0.25) is 0 Å². The summed E-state index contributed by atoms with van der Waals surface area (Å²) in [5.41, 5.74) is 22.1. The number of para-hydroxylation sites is 2. The van der Waals surface area contributed by atoms with E-state index in [1.807, 2.05) is 0 Å². The van der Waals surface area contributed by atoms with Gasteiger partial charge in [-0.3, -0.25) is 0 Å². The van der Waals surface area contributed by atoms with Crippen LogP contribution in [0.3, 0.4) is 0 Å². The van der Waals surface area contributed by atoms with Crippen LogP contribution in [0.15, 0.2) is 206 Å². The van der Waals surface area contributed by atoms with Gasteiger partial charge in [0.25, 0.3) is 0 Å². The summed E-state index contributed by atoms with van der Waals surface area (Å²) in [5.74, 6) is 16.0. The summed E-state index contributed by atoms with van der Waals surface area (Å²) >= 11 is 0. The summed E-state index contributed by atoms with van der Waals surface area (Å²) < 4.78 is 0. The highest BCUT2D eigenvalue weighted by molar-refractivity contribution is 6.80. The molecule has 0 amide bonds. The summed E-state index contributed by atoms with van der Waals surface area (Å²) in [7, 11) is 0. The molecule has 0 saturated heterocycles. The molecule has 6 heteroatoms. The average molecular weight is 1710 g/mol. The van der Waals surface area contributed by atoms with E-state index in [1.54, 1.807) is 21.9 Å². The zero-order chi connectivity index (χ0) is 87.9. The first kappa shape index (κ1) is 83.9. The lowest BCUT2D eigenvalue weighted by atomic mass is 9.19. The van der Waals surface area contributed by atoms with Gasteiger partial charge in [-0.15, -0.1) is 0 Å². The number of benzene rings is 12. The van der Waals surface area contributed by atoms with E-state index in [0.29, 0.717) is 48.5 Å². The average Bonchev–Trinajstić information content (AvgIpc) is 0.702. The van der Waals surface area contributed by atoms with Gasteiger partial charge in [-0.25, -0.2) is 0 Å². The number of fused-ring (bicyclic) bond motifs is 20. The maximum Gasteiger partial charge on any atom is 0.183 e. The third kappa shape index (κ3) is 12.8. The number of hydrogen-bond donors (Lipinski definition) is 0. The third-order valence-corrected chi connectivity index (χ3v) is 43.3. The Hall–Kier alpha value is -7.94. The van der Waals surface area contributed by atoms with Gasteiger partial charge in [0.05, 0.1) is 22.7 Å². The predicted octanol–water partition coefficient (Wildman–Crippen LogP) is 33.6. The molecule has 12 aromatic carbocycles. The van der Waals surface area contributed by atoms with Crippen LogP contribution in [0, 0.1) is 92.7 Å². The van der Waals surface area contributed by atoms with Crippen molar-refractivity contribution in [2.45, 2.75) is 309 Å². The van der Waals surface area contributed by atoms with E-state index in [4.69, 9.17) is 0 Å². The first-order valence-electron chi connectivity index (χ1n) is 54.0. The lowest BCUT2D eigenvalue weighted by Crippen LogP contribution is -2.62. The molecule has 0 aromatic heterocycles. The molecular weight excluding hydrogens is 1560 g/mol. The molecule has 16 fully saturated rings. The fourth-order valence-corrected chi connectivity index (χ4v) is 35.8. The number of hydrogen-bond acceptors (Lipinski definition) is 2. The minimum atomic E-state index is 0.477. The van der Waals surface area contributed by atoms with Crippen molar-refractivity contribution in [2.24, 2.45) is 92.7 Å². The third-order valence-electron chi connectivity index (χ3n) is 43.3. The zero-order valence-electron chi connectivity index (χ0n) is 81.2. The molecule has 8 bridgehead atoms. The highest BCUT2D eigenvalue weighted by Gasteiger charge is 2.65. The SMILES string of the molecule is CC1C(B(c2ccc3c(c2)N(c2ccccc2)c2cccc4c2c-3cc2c3ccccc3c(B(C3CC5CC(C3C)C5(C)C)C3CC5CC(C3C)C5(C)C)cc42)C2CC3CC(C2C)C3(C)C)CC2CC1C2(C)C.c1ccc(N2c3cc(B(C4CCCCC4)C4CCCCC4)ccc3-c3cc4c5ccccc5c(B(C5CCCCC5)C5CCCCC5)cc4c4cccc2c34)cc1. The molecule has 16 atom stereocenters. The molecule has 16 unspecified atom stereocenters. The van der Waals surface area contributed by atoms with Gasteiger partial charge in [-0.05, 0) is 244 Å². The number of rotatable bonds is 14. The van der Waals surface area contributed by atoms with Gasteiger partial charge in [-0.2, -0.15) is 0 Å². The number of anilines is 6. The minimum absolute atomic E-state index is 0.477. The van der Waals surface area contributed by atoms with Crippen LogP contribution in [-0.4, -0.2) is 26.9 Å². The molecule has 12 aromatic rings. The lowest BCUT2D eigenvalue weighted by molar-refractivity contribution is -0.107. The molecule has 0 spiro atoms. The Bertz CT molecular complexity index is 6270. The highest BCUT2D eigenvalue weighted by Crippen LogP contribution is 2.73. The van der Waals surface area contributed by atoms with E-state index in [9.17, 15) is 0 Å². The summed E-state index contributed by atoms with van der Waals surface area (Å²) in [5, 5.41) is 17.5. The molecule has 16 aliphatic carbocycles. The van der Waals surface area contributed by atoms with Crippen molar-refractivity contribution >= 4 is 147 Å². The molecular formula is C124H146B4N2. The summed E-state index contributed by atoms with van der Waals surface area (Å²) in [4.78, 5) is 5.35. The second-order valence-electron chi connectivity index (χ2n) is 49.5.